The number of hydrogen-bond donors (Lipinski definition) is 2. The zero-order valence-corrected chi connectivity index (χ0v) is 17.0. The molecule has 3 aromatic rings. The van der Waals surface area contributed by atoms with E-state index in [4.69, 9.17) is 0 Å². The van der Waals surface area contributed by atoms with Crippen LogP contribution in [0, 0.1) is 5.92 Å². The largest absolute Gasteiger partial charge is 0.352 e. The van der Waals surface area contributed by atoms with E-state index in [1.54, 1.807) is 4.68 Å². The van der Waals surface area contributed by atoms with Gasteiger partial charge >= 0.3 is 0 Å². The van der Waals surface area contributed by atoms with E-state index in [2.05, 4.69) is 71.2 Å². The number of carbonyl (C=O) groups excluding carboxylic acids is 1. The molecule has 2 heterocycles. The van der Waals surface area contributed by atoms with Gasteiger partial charge in [-0.25, -0.2) is 0 Å². The lowest BCUT2D eigenvalue weighted by molar-refractivity contribution is -0.125. The highest BCUT2D eigenvalue weighted by Gasteiger charge is 2.36. The maximum atomic E-state index is 13.2. The van der Waals surface area contributed by atoms with Gasteiger partial charge in [0.25, 0.3) is 0 Å². The Bertz CT molecular complexity index is 898. The van der Waals surface area contributed by atoms with Crippen molar-refractivity contribution in [3.05, 3.63) is 89.7 Å². The smallest absolute Gasteiger partial charge is 0.225 e. The zero-order valence-electron chi connectivity index (χ0n) is 17.0. The van der Waals surface area contributed by atoms with Crippen LogP contribution in [0.5, 0.6) is 0 Å². The summed E-state index contributed by atoms with van der Waals surface area (Å²) >= 11 is 0. The highest BCUT2D eigenvalue weighted by molar-refractivity contribution is 5.81. The Labute approximate surface area is 172 Å². The van der Waals surface area contributed by atoms with Crippen LogP contribution in [0.3, 0.4) is 0 Å². The fraction of sp³-hybridized carbons (Fsp3) is 0.333. The number of aryl methyl sites for hydroxylation is 1. The average molecular weight is 389 g/mol. The van der Waals surface area contributed by atoms with Gasteiger partial charge in [0.05, 0.1) is 12.1 Å². The molecule has 1 fully saturated rings. The fourth-order valence-electron chi connectivity index (χ4n) is 4.44. The first-order chi connectivity index (χ1) is 14.1. The second-order valence-corrected chi connectivity index (χ2v) is 7.91. The van der Waals surface area contributed by atoms with Crippen LogP contribution >= 0.6 is 0 Å². The Morgan fingerprint density at radius 2 is 1.69 bits per heavy atom. The molecule has 2 N–H and O–H groups in total. The SMILES string of the molecule is CC(NC(=O)[C@H]1CNC[C@@H]1c1cnn(C)c1)C(c1ccccc1)c1ccccc1. The normalized spacial score (nSPS) is 20.0. The number of rotatable bonds is 6. The summed E-state index contributed by atoms with van der Waals surface area (Å²) in [5.41, 5.74) is 3.53. The third-order valence-electron chi connectivity index (χ3n) is 5.89. The highest BCUT2D eigenvalue weighted by atomic mass is 16.2. The van der Waals surface area contributed by atoms with Crippen molar-refractivity contribution < 1.29 is 4.79 Å². The standard InChI is InChI=1S/C24H28N4O/c1-17(23(18-9-5-3-6-10-18)19-11-7-4-8-12-19)27-24(29)22-15-25-14-21(22)20-13-26-28(2)16-20/h3-13,16-17,21-23,25H,14-15H2,1-2H3,(H,27,29)/t17?,21-,22+/m1/s1. The lowest BCUT2D eigenvalue weighted by atomic mass is 9.84. The lowest BCUT2D eigenvalue weighted by Crippen LogP contribution is -2.42. The molecule has 1 aliphatic heterocycles. The first-order valence-corrected chi connectivity index (χ1v) is 10.2. The summed E-state index contributed by atoms with van der Waals surface area (Å²) < 4.78 is 1.80. The van der Waals surface area contributed by atoms with Crippen molar-refractivity contribution in [3.8, 4) is 0 Å². The van der Waals surface area contributed by atoms with Gasteiger partial charge in [-0.2, -0.15) is 5.10 Å². The van der Waals surface area contributed by atoms with Gasteiger partial charge in [0.2, 0.25) is 5.91 Å². The van der Waals surface area contributed by atoms with Gasteiger partial charge in [0, 0.05) is 44.2 Å². The Morgan fingerprint density at radius 3 is 2.24 bits per heavy atom. The number of hydrogen-bond acceptors (Lipinski definition) is 3. The molecule has 1 saturated heterocycles. The second kappa shape index (κ2) is 8.62. The molecule has 3 atom stereocenters. The topological polar surface area (TPSA) is 59.0 Å². The van der Waals surface area contributed by atoms with E-state index in [0.717, 1.165) is 12.1 Å². The molecule has 0 saturated carbocycles. The maximum absolute atomic E-state index is 13.2. The molecule has 2 aromatic carbocycles. The van der Waals surface area contributed by atoms with E-state index in [9.17, 15) is 4.79 Å². The predicted octanol–water partition coefficient (Wildman–Crippen LogP) is 3.06. The van der Waals surface area contributed by atoms with Crippen LogP contribution in [0.15, 0.2) is 73.1 Å². The molecule has 0 spiro atoms. The van der Waals surface area contributed by atoms with Crippen molar-refractivity contribution in [2.75, 3.05) is 13.1 Å². The van der Waals surface area contributed by atoms with E-state index in [0.29, 0.717) is 6.54 Å². The van der Waals surface area contributed by atoms with Crippen molar-refractivity contribution >= 4 is 5.91 Å². The summed E-state index contributed by atoms with van der Waals surface area (Å²) in [6, 6.07) is 20.8. The molecule has 4 rings (SSSR count). The van der Waals surface area contributed by atoms with E-state index in [-0.39, 0.29) is 29.7 Å². The molecule has 0 bridgehead atoms. The van der Waals surface area contributed by atoms with Gasteiger partial charge in [-0.05, 0) is 23.6 Å². The number of nitrogens with one attached hydrogen (secondary N) is 2. The number of amides is 1. The molecule has 1 aromatic heterocycles. The molecular weight excluding hydrogens is 360 g/mol. The molecule has 0 aliphatic carbocycles. The molecule has 5 heteroatoms. The Morgan fingerprint density at radius 1 is 1.07 bits per heavy atom. The van der Waals surface area contributed by atoms with Crippen molar-refractivity contribution in [3.63, 3.8) is 0 Å². The number of nitrogens with zero attached hydrogens (tertiary/aromatic N) is 2. The van der Waals surface area contributed by atoms with Crippen LogP contribution < -0.4 is 10.6 Å². The van der Waals surface area contributed by atoms with Gasteiger partial charge in [0.15, 0.2) is 0 Å². The third kappa shape index (κ3) is 4.25. The third-order valence-corrected chi connectivity index (χ3v) is 5.89. The van der Waals surface area contributed by atoms with Crippen molar-refractivity contribution in [2.45, 2.75) is 24.8 Å². The molecule has 29 heavy (non-hydrogen) atoms. The van der Waals surface area contributed by atoms with E-state index >= 15 is 0 Å². The molecular formula is C24H28N4O. The van der Waals surface area contributed by atoms with Crippen LogP contribution in [0.4, 0.5) is 0 Å². The molecule has 5 nitrogen and oxygen atoms in total. The molecule has 1 unspecified atom stereocenters. The minimum Gasteiger partial charge on any atom is -0.352 e. The first kappa shape index (κ1) is 19.4. The van der Waals surface area contributed by atoms with E-state index in [1.807, 2.05) is 31.6 Å². The summed E-state index contributed by atoms with van der Waals surface area (Å²) in [5.74, 6) is 0.275. The Kier molecular flexibility index (Phi) is 5.76. The monoisotopic (exact) mass is 388 g/mol. The summed E-state index contributed by atoms with van der Waals surface area (Å²) in [7, 11) is 1.91. The van der Waals surface area contributed by atoms with Crippen molar-refractivity contribution in [1.29, 1.82) is 0 Å². The zero-order chi connectivity index (χ0) is 20.2. The Hall–Kier alpha value is -2.92. The first-order valence-electron chi connectivity index (χ1n) is 10.2. The quantitative estimate of drug-likeness (QED) is 0.682. The minimum absolute atomic E-state index is 0.0255. The molecule has 1 aliphatic rings. The van der Waals surface area contributed by atoms with Gasteiger partial charge < -0.3 is 10.6 Å². The van der Waals surface area contributed by atoms with Gasteiger partial charge in [-0.3, -0.25) is 9.48 Å². The van der Waals surface area contributed by atoms with Crippen LogP contribution in [-0.2, 0) is 11.8 Å². The van der Waals surface area contributed by atoms with Gasteiger partial charge in [-0.1, -0.05) is 60.7 Å². The summed E-state index contributed by atoms with van der Waals surface area (Å²) in [5, 5.41) is 11.0. The van der Waals surface area contributed by atoms with E-state index < -0.39 is 0 Å². The average Bonchev–Trinajstić information content (AvgIpc) is 3.38. The number of benzene rings is 2. The summed E-state index contributed by atoms with van der Waals surface area (Å²) in [6.07, 6.45) is 3.89. The lowest BCUT2D eigenvalue weighted by Gasteiger charge is -2.28. The summed E-state index contributed by atoms with van der Waals surface area (Å²) in [4.78, 5) is 13.2. The Balaban J connectivity index is 1.54. The van der Waals surface area contributed by atoms with E-state index in [1.165, 1.54) is 11.1 Å². The fourth-order valence-corrected chi connectivity index (χ4v) is 4.44. The van der Waals surface area contributed by atoms with Crippen LogP contribution in [-0.4, -0.2) is 34.8 Å². The van der Waals surface area contributed by atoms with Crippen LogP contribution in [0.1, 0.15) is 35.4 Å². The van der Waals surface area contributed by atoms with Crippen LogP contribution in [0.2, 0.25) is 0 Å². The maximum Gasteiger partial charge on any atom is 0.225 e. The number of carbonyl (C=O) groups is 1. The second-order valence-electron chi connectivity index (χ2n) is 7.91. The molecule has 1 amide bonds. The minimum atomic E-state index is -0.0890. The van der Waals surface area contributed by atoms with Gasteiger partial charge in [-0.15, -0.1) is 0 Å². The molecule has 0 radical (unpaired) electrons. The van der Waals surface area contributed by atoms with Crippen molar-refractivity contribution in [1.82, 2.24) is 20.4 Å². The van der Waals surface area contributed by atoms with Gasteiger partial charge in [0.1, 0.15) is 0 Å². The number of aromatic nitrogens is 2. The summed E-state index contributed by atoms with van der Waals surface area (Å²) in [6.45, 7) is 3.60. The highest BCUT2D eigenvalue weighted by Crippen LogP contribution is 2.31. The molecule has 150 valence electrons. The predicted molar refractivity (Wildman–Crippen MR) is 115 cm³/mol. The van der Waals surface area contributed by atoms with Crippen LogP contribution in [0.25, 0.3) is 0 Å². The van der Waals surface area contributed by atoms with Crippen molar-refractivity contribution in [2.24, 2.45) is 13.0 Å².